The van der Waals surface area contributed by atoms with Crippen molar-refractivity contribution in [1.82, 2.24) is 21.3 Å². The van der Waals surface area contributed by atoms with Gasteiger partial charge in [-0.2, -0.15) is 13.2 Å². The van der Waals surface area contributed by atoms with Crippen LogP contribution in [0.25, 0.3) is 0 Å². The molecule has 4 amide bonds. The number of hydrogen-bond acceptors (Lipinski definition) is 6. The van der Waals surface area contributed by atoms with Gasteiger partial charge < -0.3 is 26.0 Å². The number of hydrogen-bond donors (Lipinski definition) is 5. The highest BCUT2D eigenvalue weighted by molar-refractivity contribution is 6.04. The molecule has 13 heteroatoms. The first-order valence-corrected chi connectivity index (χ1v) is 14.5. The lowest BCUT2D eigenvalue weighted by molar-refractivity contribution is -0.137. The van der Waals surface area contributed by atoms with Crippen LogP contribution in [0.1, 0.15) is 80.6 Å². The van der Waals surface area contributed by atoms with Crippen LogP contribution in [0, 0.1) is 13.8 Å². The molecule has 45 heavy (non-hydrogen) atoms. The van der Waals surface area contributed by atoms with Gasteiger partial charge in [0, 0.05) is 12.1 Å². The summed E-state index contributed by atoms with van der Waals surface area (Å²) >= 11 is 0. The van der Waals surface area contributed by atoms with Crippen molar-refractivity contribution in [2.45, 2.75) is 91.7 Å². The second-order valence-electron chi connectivity index (χ2n) is 12.8. The Morgan fingerprint density at radius 3 is 2.16 bits per heavy atom. The molecule has 0 saturated carbocycles. The van der Waals surface area contributed by atoms with Crippen molar-refractivity contribution < 1.29 is 37.1 Å². The van der Waals surface area contributed by atoms with E-state index in [1.807, 2.05) is 26.0 Å². The average molecular weight is 636 g/mol. The van der Waals surface area contributed by atoms with E-state index in [0.29, 0.717) is 25.2 Å². The van der Waals surface area contributed by atoms with Crippen molar-refractivity contribution in [2.24, 2.45) is 0 Å². The first-order chi connectivity index (χ1) is 20.6. The third-order valence-electron chi connectivity index (χ3n) is 6.21. The minimum atomic E-state index is -4.77. The van der Waals surface area contributed by atoms with Crippen molar-refractivity contribution in [1.29, 1.82) is 0 Å². The van der Waals surface area contributed by atoms with Crippen LogP contribution in [-0.2, 0) is 27.0 Å². The van der Waals surface area contributed by atoms with E-state index in [4.69, 9.17) is 4.74 Å². The standard InChI is InChI=1S/C32H44F3N5O5/c1-19-9-10-21(20(2)15-19)17-36-14-13-25(28(43)40-30(3,4)5)38-26(41)18-37-27(42)23-16-22(32(33,34)35)11-12-24(23)39-29(44)45-31(6,7)8/h9-12,15-16,25,36H,13-14,17-18H2,1-8H3,(H,37,42)(H,38,41)(H,39,44)(H,40,43). The summed E-state index contributed by atoms with van der Waals surface area (Å²) < 4.78 is 45.4. The number of amides is 4. The fourth-order valence-corrected chi connectivity index (χ4v) is 4.17. The molecule has 10 nitrogen and oxygen atoms in total. The molecule has 0 saturated heterocycles. The molecular formula is C32H44F3N5O5. The molecule has 1 atom stereocenters. The predicted molar refractivity (Wildman–Crippen MR) is 166 cm³/mol. The van der Waals surface area contributed by atoms with Gasteiger partial charge in [-0.15, -0.1) is 0 Å². The minimum absolute atomic E-state index is 0.226. The van der Waals surface area contributed by atoms with Crippen LogP contribution in [0.4, 0.5) is 23.7 Å². The molecule has 0 bridgehead atoms. The van der Waals surface area contributed by atoms with Gasteiger partial charge in [0.2, 0.25) is 11.8 Å². The third kappa shape index (κ3) is 13.2. The van der Waals surface area contributed by atoms with Crippen molar-refractivity contribution in [3.8, 4) is 0 Å². The van der Waals surface area contributed by atoms with Crippen LogP contribution >= 0.6 is 0 Å². The van der Waals surface area contributed by atoms with E-state index < -0.39 is 64.8 Å². The summed E-state index contributed by atoms with van der Waals surface area (Å²) in [6, 6.07) is 7.35. The van der Waals surface area contributed by atoms with Crippen molar-refractivity contribution in [2.75, 3.05) is 18.4 Å². The van der Waals surface area contributed by atoms with E-state index >= 15 is 0 Å². The van der Waals surface area contributed by atoms with Crippen LogP contribution in [0.2, 0.25) is 0 Å². The molecule has 5 N–H and O–H groups in total. The summed E-state index contributed by atoms with van der Waals surface area (Å²) in [6.45, 7) is 14.5. The second-order valence-corrected chi connectivity index (χ2v) is 12.8. The average Bonchev–Trinajstić information content (AvgIpc) is 2.87. The van der Waals surface area contributed by atoms with E-state index in [1.165, 1.54) is 0 Å². The van der Waals surface area contributed by atoms with Gasteiger partial charge in [0.15, 0.2) is 0 Å². The molecule has 0 aliphatic heterocycles. The molecule has 2 aromatic rings. The number of ether oxygens (including phenoxy) is 1. The van der Waals surface area contributed by atoms with E-state index in [0.717, 1.165) is 22.8 Å². The zero-order valence-corrected chi connectivity index (χ0v) is 27.0. The normalized spacial score (nSPS) is 12.6. The second kappa shape index (κ2) is 15.2. The van der Waals surface area contributed by atoms with Crippen LogP contribution in [0.15, 0.2) is 36.4 Å². The molecule has 0 fully saturated rings. The summed E-state index contributed by atoms with van der Waals surface area (Å²) in [5, 5.41) is 13.2. The maximum atomic E-state index is 13.4. The van der Waals surface area contributed by atoms with Crippen molar-refractivity contribution >= 4 is 29.5 Å². The summed E-state index contributed by atoms with van der Waals surface area (Å²) in [5.74, 6) is -2.22. The Balaban J connectivity index is 2.12. The number of carbonyl (C=O) groups excluding carboxylic acids is 4. The Labute approximate surface area is 262 Å². The SMILES string of the molecule is Cc1ccc(CNCCC(NC(=O)CNC(=O)c2cc(C(F)(F)F)ccc2NC(=O)OC(C)(C)C)C(=O)NC(C)(C)C)c(C)c1. The molecule has 2 aromatic carbocycles. The summed E-state index contributed by atoms with van der Waals surface area (Å²) in [4.78, 5) is 51.1. The van der Waals surface area contributed by atoms with E-state index in [1.54, 1.807) is 41.5 Å². The highest BCUT2D eigenvalue weighted by Gasteiger charge is 2.32. The van der Waals surface area contributed by atoms with E-state index in [-0.39, 0.29) is 12.1 Å². The fraction of sp³-hybridized carbons (Fsp3) is 0.500. The van der Waals surface area contributed by atoms with Crippen LogP contribution < -0.4 is 26.6 Å². The van der Waals surface area contributed by atoms with E-state index in [2.05, 4.69) is 32.7 Å². The molecule has 1 unspecified atom stereocenters. The van der Waals surface area contributed by atoms with Gasteiger partial charge in [-0.25, -0.2) is 4.79 Å². The number of nitrogens with one attached hydrogen (secondary N) is 5. The number of carbonyl (C=O) groups is 4. The summed E-state index contributed by atoms with van der Waals surface area (Å²) in [6.07, 6.45) is -5.52. The highest BCUT2D eigenvalue weighted by Crippen LogP contribution is 2.32. The first-order valence-electron chi connectivity index (χ1n) is 14.5. The Bertz CT molecular complexity index is 1380. The van der Waals surface area contributed by atoms with E-state index in [9.17, 15) is 32.3 Å². The smallest absolute Gasteiger partial charge is 0.416 e. The van der Waals surface area contributed by atoms with Crippen LogP contribution in [0.3, 0.4) is 0 Å². The molecule has 0 spiro atoms. The number of benzene rings is 2. The number of alkyl halides is 3. The number of aryl methyl sites for hydroxylation is 2. The number of rotatable bonds is 11. The summed E-state index contributed by atoms with van der Waals surface area (Å²) in [7, 11) is 0. The molecule has 0 aromatic heterocycles. The van der Waals surface area contributed by atoms with Crippen LogP contribution in [-0.4, -0.2) is 54.1 Å². The Morgan fingerprint density at radius 2 is 1.58 bits per heavy atom. The van der Waals surface area contributed by atoms with Gasteiger partial charge in [-0.05, 0) is 97.7 Å². The lowest BCUT2D eigenvalue weighted by Gasteiger charge is -2.26. The first kappa shape index (κ1) is 37.1. The van der Waals surface area contributed by atoms with Gasteiger partial charge in [0.05, 0.1) is 23.4 Å². The summed E-state index contributed by atoms with van der Waals surface area (Å²) in [5.41, 5.74) is -0.0124. The van der Waals surface area contributed by atoms with Gasteiger partial charge in [-0.3, -0.25) is 19.7 Å². The molecule has 248 valence electrons. The topological polar surface area (TPSA) is 138 Å². The number of halogens is 3. The molecule has 0 radical (unpaired) electrons. The monoisotopic (exact) mass is 635 g/mol. The Morgan fingerprint density at radius 1 is 0.911 bits per heavy atom. The van der Waals surface area contributed by atoms with Crippen LogP contribution in [0.5, 0.6) is 0 Å². The minimum Gasteiger partial charge on any atom is -0.444 e. The van der Waals surface area contributed by atoms with Gasteiger partial charge >= 0.3 is 12.3 Å². The molecule has 0 heterocycles. The Hall–Kier alpha value is -4.13. The lowest BCUT2D eigenvalue weighted by atomic mass is 10.1. The Kier molecular flexibility index (Phi) is 12.6. The molecule has 0 aliphatic carbocycles. The number of anilines is 1. The highest BCUT2D eigenvalue weighted by atomic mass is 19.4. The zero-order chi connectivity index (χ0) is 34.2. The maximum Gasteiger partial charge on any atom is 0.416 e. The quantitative estimate of drug-likeness (QED) is 0.221. The lowest BCUT2D eigenvalue weighted by Crippen LogP contribution is -2.54. The van der Waals surface area contributed by atoms with Gasteiger partial charge in [0.1, 0.15) is 11.6 Å². The molecule has 2 rings (SSSR count). The maximum absolute atomic E-state index is 13.4. The molecule has 0 aliphatic rings. The molecular weight excluding hydrogens is 591 g/mol. The van der Waals surface area contributed by atoms with Crippen molar-refractivity contribution in [3.63, 3.8) is 0 Å². The zero-order valence-electron chi connectivity index (χ0n) is 27.0. The van der Waals surface area contributed by atoms with Gasteiger partial charge in [-0.1, -0.05) is 23.8 Å². The largest absolute Gasteiger partial charge is 0.444 e. The fourth-order valence-electron chi connectivity index (χ4n) is 4.17. The van der Waals surface area contributed by atoms with Crippen molar-refractivity contribution in [3.05, 3.63) is 64.2 Å². The predicted octanol–water partition coefficient (Wildman–Crippen LogP) is 4.98. The third-order valence-corrected chi connectivity index (χ3v) is 6.21. The van der Waals surface area contributed by atoms with Gasteiger partial charge in [0.25, 0.3) is 5.91 Å².